The molecule has 0 unspecified atom stereocenters. The summed E-state index contributed by atoms with van der Waals surface area (Å²) in [5, 5.41) is 4.17. The fraction of sp³-hybridized carbons (Fsp3) is 0.357. The second kappa shape index (κ2) is 5.31. The van der Waals surface area contributed by atoms with Gasteiger partial charge in [0.15, 0.2) is 0 Å². The summed E-state index contributed by atoms with van der Waals surface area (Å²) in [5.74, 6) is 0.399. The molecule has 1 aliphatic carbocycles. The van der Waals surface area contributed by atoms with Crippen LogP contribution in [0, 0.1) is 5.82 Å². The predicted octanol–water partition coefficient (Wildman–Crippen LogP) is 4.31. The lowest BCUT2D eigenvalue weighted by atomic mass is 10.2. The summed E-state index contributed by atoms with van der Waals surface area (Å²) >= 11 is 4.93. The molecule has 0 amide bonds. The van der Waals surface area contributed by atoms with Crippen LogP contribution in [0.2, 0.25) is 0 Å². The second-order valence-electron chi connectivity index (χ2n) is 4.76. The number of hydrogen-bond acceptors (Lipinski definition) is 3. The third-order valence-electron chi connectivity index (χ3n) is 3.20. The van der Waals surface area contributed by atoms with E-state index < -0.39 is 0 Å². The molecule has 0 spiro atoms. The fourth-order valence-corrected chi connectivity index (χ4v) is 3.61. The maximum Gasteiger partial charge on any atom is 0.137 e. The summed E-state index contributed by atoms with van der Waals surface area (Å²) in [6.45, 7) is 0.853. The first kappa shape index (κ1) is 13.2. The Kier molecular flexibility index (Phi) is 3.69. The highest BCUT2D eigenvalue weighted by molar-refractivity contribution is 9.10. The highest BCUT2D eigenvalue weighted by atomic mass is 79.9. The molecule has 100 valence electrons. The van der Waals surface area contributed by atoms with Gasteiger partial charge in [-0.2, -0.15) is 0 Å². The zero-order chi connectivity index (χ0) is 13.4. The summed E-state index contributed by atoms with van der Waals surface area (Å²) < 4.78 is 13.8. The van der Waals surface area contributed by atoms with E-state index in [1.165, 1.54) is 29.5 Å². The number of halogens is 2. The van der Waals surface area contributed by atoms with Crippen molar-refractivity contribution in [1.82, 2.24) is 10.3 Å². The first-order valence-corrected chi connectivity index (χ1v) is 7.89. The summed E-state index contributed by atoms with van der Waals surface area (Å²) in [4.78, 5) is 6.07. The minimum Gasteiger partial charge on any atom is -0.315 e. The molecule has 0 radical (unpaired) electrons. The molecular weight excluding hydrogens is 327 g/mol. The van der Waals surface area contributed by atoms with Crippen molar-refractivity contribution in [2.75, 3.05) is 7.05 Å². The van der Waals surface area contributed by atoms with Gasteiger partial charge < -0.3 is 5.32 Å². The van der Waals surface area contributed by atoms with Crippen LogP contribution in [0.4, 0.5) is 4.39 Å². The van der Waals surface area contributed by atoms with E-state index in [2.05, 4.69) is 21.2 Å². The number of hydrogen-bond donors (Lipinski definition) is 1. The third-order valence-corrected chi connectivity index (χ3v) is 4.92. The third kappa shape index (κ3) is 2.73. The molecular formula is C14H14BrFN2S. The van der Waals surface area contributed by atoms with Crippen LogP contribution in [0.3, 0.4) is 0 Å². The molecule has 1 saturated carbocycles. The molecule has 5 heteroatoms. The zero-order valence-electron chi connectivity index (χ0n) is 10.5. The van der Waals surface area contributed by atoms with Crippen molar-refractivity contribution in [3.63, 3.8) is 0 Å². The fourth-order valence-electron chi connectivity index (χ4n) is 2.08. The van der Waals surface area contributed by atoms with Gasteiger partial charge in [-0.05, 0) is 54.0 Å². The van der Waals surface area contributed by atoms with Gasteiger partial charge in [-0.1, -0.05) is 0 Å². The molecule has 0 atom stereocenters. The minimum atomic E-state index is -0.238. The average molecular weight is 341 g/mol. The summed E-state index contributed by atoms with van der Waals surface area (Å²) in [5.41, 5.74) is 2.21. The Hall–Kier alpha value is -0.780. The van der Waals surface area contributed by atoms with Crippen molar-refractivity contribution in [2.45, 2.75) is 25.3 Å². The largest absolute Gasteiger partial charge is 0.315 e. The van der Waals surface area contributed by atoms with Crippen LogP contribution in [-0.2, 0) is 6.54 Å². The Morgan fingerprint density at radius 1 is 1.47 bits per heavy atom. The first-order chi connectivity index (χ1) is 9.19. The van der Waals surface area contributed by atoms with Gasteiger partial charge >= 0.3 is 0 Å². The number of thiazole rings is 1. The van der Waals surface area contributed by atoms with Crippen LogP contribution >= 0.6 is 27.3 Å². The lowest BCUT2D eigenvalue weighted by Gasteiger charge is -1.98. The number of rotatable bonds is 4. The van der Waals surface area contributed by atoms with Crippen molar-refractivity contribution in [1.29, 1.82) is 0 Å². The van der Waals surface area contributed by atoms with Gasteiger partial charge in [0.2, 0.25) is 0 Å². The molecule has 1 fully saturated rings. The number of aromatic nitrogens is 1. The zero-order valence-corrected chi connectivity index (χ0v) is 12.9. The maximum atomic E-state index is 13.3. The van der Waals surface area contributed by atoms with Crippen LogP contribution in [0.25, 0.3) is 10.6 Å². The van der Waals surface area contributed by atoms with E-state index in [1.807, 2.05) is 7.05 Å². The molecule has 0 aliphatic heterocycles. The highest BCUT2D eigenvalue weighted by Gasteiger charge is 2.29. The summed E-state index contributed by atoms with van der Waals surface area (Å²) in [6.07, 6.45) is 2.49. The molecule has 2 nitrogen and oxygen atoms in total. The number of nitrogens with zero attached hydrogens (tertiary/aromatic N) is 1. The van der Waals surface area contributed by atoms with E-state index in [1.54, 1.807) is 23.5 Å². The maximum absolute atomic E-state index is 13.3. The molecule has 3 rings (SSSR count). The molecule has 0 bridgehead atoms. The topological polar surface area (TPSA) is 24.9 Å². The smallest absolute Gasteiger partial charge is 0.137 e. The molecule has 19 heavy (non-hydrogen) atoms. The first-order valence-electron chi connectivity index (χ1n) is 6.28. The Bertz CT molecular complexity index is 607. The quantitative estimate of drug-likeness (QED) is 0.896. The van der Waals surface area contributed by atoms with E-state index in [4.69, 9.17) is 4.98 Å². The Balaban J connectivity index is 1.99. The number of nitrogens with one attached hydrogen (secondary N) is 1. The molecule has 1 N–H and O–H groups in total. The van der Waals surface area contributed by atoms with Crippen molar-refractivity contribution < 1.29 is 4.39 Å². The number of benzene rings is 1. The standard InChI is InChI=1S/C14H14BrFN2S/c1-17-7-12-13(8-2-3-8)18-14(19-12)9-4-5-11(16)10(15)6-9/h4-6,8,17H,2-3,7H2,1H3. The predicted molar refractivity (Wildman–Crippen MR) is 79.9 cm³/mol. The van der Waals surface area contributed by atoms with Gasteiger partial charge in [0.25, 0.3) is 0 Å². The monoisotopic (exact) mass is 340 g/mol. The van der Waals surface area contributed by atoms with Gasteiger partial charge in [-0.15, -0.1) is 11.3 Å². The van der Waals surface area contributed by atoms with Crippen molar-refractivity contribution >= 4 is 27.3 Å². The average Bonchev–Trinajstić information content (AvgIpc) is 3.15. The lowest BCUT2D eigenvalue weighted by molar-refractivity contribution is 0.621. The van der Waals surface area contributed by atoms with Crippen LogP contribution in [0.15, 0.2) is 22.7 Å². The van der Waals surface area contributed by atoms with Gasteiger partial charge in [0.05, 0.1) is 10.2 Å². The van der Waals surface area contributed by atoms with E-state index >= 15 is 0 Å². The SMILES string of the molecule is CNCc1sc(-c2ccc(F)c(Br)c2)nc1C1CC1. The second-order valence-corrected chi connectivity index (χ2v) is 6.70. The van der Waals surface area contributed by atoms with Crippen LogP contribution in [0.1, 0.15) is 29.3 Å². The molecule has 1 heterocycles. The van der Waals surface area contributed by atoms with Crippen molar-refractivity contribution in [3.05, 3.63) is 39.1 Å². The highest BCUT2D eigenvalue weighted by Crippen LogP contribution is 2.44. The van der Waals surface area contributed by atoms with Gasteiger partial charge in [0, 0.05) is 22.9 Å². The van der Waals surface area contributed by atoms with Crippen LogP contribution in [0.5, 0.6) is 0 Å². The van der Waals surface area contributed by atoms with E-state index in [-0.39, 0.29) is 5.82 Å². The normalized spacial score (nSPS) is 14.9. The molecule has 1 aromatic carbocycles. The van der Waals surface area contributed by atoms with Crippen molar-refractivity contribution in [2.24, 2.45) is 0 Å². The Labute approximate surface area is 124 Å². The van der Waals surface area contributed by atoms with Gasteiger partial charge in [-0.25, -0.2) is 9.37 Å². The lowest BCUT2D eigenvalue weighted by Crippen LogP contribution is -2.05. The molecule has 0 saturated heterocycles. The van der Waals surface area contributed by atoms with E-state index in [9.17, 15) is 4.39 Å². The van der Waals surface area contributed by atoms with E-state index in [0.717, 1.165) is 17.1 Å². The Morgan fingerprint density at radius 3 is 2.89 bits per heavy atom. The molecule has 2 aromatic rings. The minimum absolute atomic E-state index is 0.238. The summed E-state index contributed by atoms with van der Waals surface area (Å²) in [6, 6.07) is 5.07. The summed E-state index contributed by atoms with van der Waals surface area (Å²) in [7, 11) is 1.95. The van der Waals surface area contributed by atoms with Gasteiger partial charge in [0.1, 0.15) is 10.8 Å². The van der Waals surface area contributed by atoms with E-state index in [0.29, 0.717) is 10.4 Å². The van der Waals surface area contributed by atoms with Gasteiger partial charge in [-0.3, -0.25) is 0 Å². The molecule has 1 aromatic heterocycles. The Morgan fingerprint density at radius 2 is 2.26 bits per heavy atom. The van der Waals surface area contributed by atoms with Crippen molar-refractivity contribution in [3.8, 4) is 10.6 Å². The molecule has 1 aliphatic rings. The van der Waals surface area contributed by atoms with Crippen LogP contribution in [-0.4, -0.2) is 12.0 Å². The van der Waals surface area contributed by atoms with Crippen LogP contribution < -0.4 is 5.32 Å².